The third kappa shape index (κ3) is 9.82. The van der Waals surface area contributed by atoms with Crippen LogP contribution in [0.3, 0.4) is 0 Å². The molecule has 6 nitrogen and oxygen atoms in total. The first-order chi connectivity index (χ1) is 5.21. The molecule has 1 N–H and O–H groups in total. The Morgan fingerprint density at radius 2 is 1.67 bits per heavy atom. The van der Waals surface area contributed by atoms with E-state index in [0.29, 0.717) is 0 Å². The molecule has 0 aromatic carbocycles. The van der Waals surface area contributed by atoms with Crippen molar-refractivity contribution in [2.75, 3.05) is 25.7 Å². The molecule has 0 atom stereocenters. The molecule has 0 spiro atoms. The molecule has 0 unspecified atom stereocenters. The van der Waals surface area contributed by atoms with Gasteiger partial charge in [0.05, 0.1) is 19.1 Å². The van der Waals surface area contributed by atoms with Gasteiger partial charge in [0.2, 0.25) is 10.0 Å². The molecular formula is C4H11NO5S2. The first kappa shape index (κ1) is 11.8. The Labute approximate surface area is 72.1 Å². The molecule has 0 aromatic heterocycles. The number of hydrogen-bond acceptors (Lipinski definition) is 5. The minimum atomic E-state index is -3.48. The smallest absolute Gasteiger partial charge is 0.264 e. The van der Waals surface area contributed by atoms with Gasteiger partial charge in [-0.15, -0.1) is 0 Å². The average molecular weight is 217 g/mol. The van der Waals surface area contributed by atoms with Crippen LogP contribution in [0.4, 0.5) is 0 Å². The lowest BCUT2D eigenvalue weighted by molar-refractivity contribution is 0.326. The number of hydrogen-bond donors (Lipinski definition) is 1. The van der Waals surface area contributed by atoms with Gasteiger partial charge in [0.25, 0.3) is 10.1 Å². The van der Waals surface area contributed by atoms with Crippen LogP contribution in [0.15, 0.2) is 0 Å². The van der Waals surface area contributed by atoms with Crippen molar-refractivity contribution in [2.24, 2.45) is 0 Å². The van der Waals surface area contributed by atoms with E-state index in [-0.39, 0.29) is 13.2 Å². The van der Waals surface area contributed by atoms with Crippen molar-refractivity contribution in [2.45, 2.75) is 0 Å². The van der Waals surface area contributed by atoms with Gasteiger partial charge in [-0.1, -0.05) is 0 Å². The third-order valence-electron chi connectivity index (χ3n) is 0.764. The highest BCUT2D eigenvalue weighted by atomic mass is 32.2. The second kappa shape index (κ2) is 4.17. The fraction of sp³-hybridized carbons (Fsp3) is 1.00. The van der Waals surface area contributed by atoms with Crippen LogP contribution in [0.25, 0.3) is 0 Å². The fourth-order valence-corrected chi connectivity index (χ4v) is 1.26. The zero-order chi connectivity index (χ0) is 9.83. The van der Waals surface area contributed by atoms with E-state index in [1.54, 1.807) is 0 Å². The van der Waals surface area contributed by atoms with Crippen LogP contribution in [0.5, 0.6) is 0 Å². The SMILES string of the molecule is CS(=O)(=O)NCCOS(C)(=O)=O. The minimum absolute atomic E-state index is 0.0497. The van der Waals surface area contributed by atoms with Crippen molar-refractivity contribution < 1.29 is 21.0 Å². The summed E-state index contributed by atoms with van der Waals surface area (Å²) in [6.07, 6.45) is 1.88. The zero-order valence-electron chi connectivity index (χ0n) is 6.77. The molecule has 0 saturated carbocycles. The van der Waals surface area contributed by atoms with Crippen LogP contribution in [-0.4, -0.2) is 42.5 Å². The van der Waals surface area contributed by atoms with Crippen molar-refractivity contribution in [3.63, 3.8) is 0 Å². The summed E-state index contributed by atoms with van der Waals surface area (Å²) in [5, 5.41) is 0. The number of sulfonamides is 1. The van der Waals surface area contributed by atoms with Crippen LogP contribution >= 0.6 is 0 Å². The summed E-state index contributed by atoms with van der Waals surface area (Å²) in [4.78, 5) is 0. The highest BCUT2D eigenvalue weighted by molar-refractivity contribution is 7.88. The normalized spacial score (nSPS) is 13.2. The van der Waals surface area contributed by atoms with Gasteiger partial charge in [-0.25, -0.2) is 13.1 Å². The molecule has 0 saturated heterocycles. The van der Waals surface area contributed by atoms with E-state index >= 15 is 0 Å². The molecule has 74 valence electrons. The lowest BCUT2D eigenvalue weighted by atomic mass is 10.8. The van der Waals surface area contributed by atoms with E-state index in [1.807, 2.05) is 0 Å². The minimum Gasteiger partial charge on any atom is -0.269 e. The molecule has 0 fully saturated rings. The fourth-order valence-electron chi connectivity index (χ4n) is 0.420. The lowest BCUT2D eigenvalue weighted by Crippen LogP contribution is -2.26. The van der Waals surface area contributed by atoms with Gasteiger partial charge in [0.1, 0.15) is 0 Å². The van der Waals surface area contributed by atoms with Gasteiger partial charge in [-0.05, 0) is 0 Å². The monoisotopic (exact) mass is 217 g/mol. The molecule has 0 aliphatic carbocycles. The lowest BCUT2D eigenvalue weighted by Gasteiger charge is -2.01. The van der Waals surface area contributed by atoms with E-state index in [9.17, 15) is 16.8 Å². The zero-order valence-corrected chi connectivity index (χ0v) is 8.40. The predicted octanol–water partition coefficient (Wildman–Crippen LogP) is -1.49. The molecule has 0 heterocycles. The molecular weight excluding hydrogens is 206 g/mol. The van der Waals surface area contributed by atoms with Gasteiger partial charge in [0, 0.05) is 6.54 Å². The third-order valence-corrected chi connectivity index (χ3v) is 2.09. The Morgan fingerprint density at radius 3 is 2.00 bits per heavy atom. The summed E-state index contributed by atoms with van der Waals surface area (Å²) in [6.45, 7) is -0.238. The van der Waals surface area contributed by atoms with Gasteiger partial charge in [-0.2, -0.15) is 8.42 Å². The predicted molar refractivity (Wildman–Crippen MR) is 43.6 cm³/mol. The molecule has 0 bridgehead atoms. The summed E-state index contributed by atoms with van der Waals surface area (Å²) in [5.41, 5.74) is 0. The Balaban J connectivity index is 3.62. The summed E-state index contributed by atoms with van der Waals surface area (Å²) in [5.74, 6) is 0. The van der Waals surface area contributed by atoms with Crippen molar-refractivity contribution in [3.05, 3.63) is 0 Å². The highest BCUT2D eigenvalue weighted by Crippen LogP contribution is 1.84. The Hall–Kier alpha value is -0.180. The summed E-state index contributed by atoms with van der Waals surface area (Å²) < 4.78 is 47.9. The van der Waals surface area contributed by atoms with Crippen LogP contribution in [0.1, 0.15) is 0 Å². The second-order valence-corrected chi connectivity index (χ2v) is 5.67. The van der Waals surface area contributed by atoms with Gasteiger partial charge in [-0.3, -0.25) is 4.18 Å². The van der Waals surface area contributed by atoms with E-state index < -0.39 is 20.1 Å². The van der Waals surface area contributed by atoms with E-state index in [2.05, 4.69) is 8.91 Å². The number of nitrogens with one attached hydrogen (secondary N) is 1. The highest BCUT2D eigenvalue weighted by Gasteiger charge is 2.03. The molecule has 8 heteroatoms. The van der Waals surface area contributed by atoms with E-state index in [1.165, 1.54) is 0 Å². The van der Waals surface area contributed by atoms with Crippen LogP contribution in [0, 0.1) is 0 Å². The molecule has 0 amide bonds. The summed E-state index contributed by atoms with van der Waals surface area (Å²) in [6, 6.07) is 0. The van der Waals surface area contributed by atoms with E-state index in [4.69, 9.17) is 0 Å². The Bertz CT molecular complexity index is 281. The molecule has 0 aliphatic rings. The van der Waals surface area contributed by atoms with E-state index in [0.717, 1.165) is 12.5 Å². The molecule has 0 radical (unpaired) electrons. The maximum Gasteiger partial charge on any atom is 0.264 e. The van der Waals surface area contributed by atoms with Crippen molar-refractivity contribution in [1.29, 1.82) is 0 Å². The Morgan fingerprint density at radius 1 is 1.17 bits per heavy atom. The maximum atomic E-state index is 10.4. The van der Waals surface area contributed by atoms with Crippen molar-refractivity contribution in [1.82, 2.24) is 4.72 Å². The van der Waals surface area contributed by atoms with Crippen LogP contribution in [0.2, 0.25) is 0 Å². The maximum absolute atomic E-state index is 10.4. The quantitative estimate of drug-likeness (QED) is 0.447. The first-order valence-corrected chi connectivity index (χ1v) is 6.70. The first-order valence-electron chi connectivity index (χ1n) is 3.00. The average Bonchev–Trinajstić information content (AvgIpc) is 1.76. The molecule has 0 aromatic rings. The molecule has 0 aliphatic heterocycles. The van der Waals surface area contributed by atoms with Gasteiger partial charge >= 0.3 is 0 Å². The van der Waals surface area contributed by atoms with Crippen molar-refractivity contribution in [3.8, 4) is 0 Å². The summed E-state index contributed by atoms with van der Waals surface area (Å²) >= 11 is 0. The summed E-state index contributed by atoms with van der Waals surface area (Å²) in [7, 11) is -6.74. The Kier molecular flexibility index (Phi) is 4.11. The molecule has 0 rings (SSSR count). The standard InChI is InChI=1S/C4H11NO5S2/c1-11(6,7)5-3-4-10-12(2,8)9/h5H,3-4H2,1-2H3. The van der Waals surface area contributed by atoms with Gasteiger partial charge < -0.3 is 0 Å². The van der Waals surface area contributed by atoms with Crippen LogP contribution < -0.4 is 4.72 Å². The molecule has 12 heavy (non-hydrogen) atoms. The topological polar surface area (TPSA) is 89.5 Å². The van der Waals surface area contributed by atoms with Gasteiger partial charge in [0.15, 0.2) is 0 Å². The van der Waals surface area contributed by atoms with Crippen molar-refractivity contribution >= 4 is 20.1 Å². The number of rotatable bonds is 5. The van der Waals surface area contributed by atoms with Crippen LogP contribution in [-0.2, 0) is 24.3 Å². The largest absolute Gasteiger partial charge is 0.269 e. The second-order valence-electron chi connectivity index (χ2n) is 2.19.